The Hall–Kier alpha value is 0.270. The molecule has 2 atom stereocenters. The van der Waals surface area contributed by atoms with Gasteiger partial charge in [-0.25, -0.2) is 0 Å². The number of hydrogen-bond donors (Lipinski definition) is 0. The fraction of sp³-hybridized carbons (Fsp3) is 1.00. The number of nitrogens with zero attached hydrogens (tertiary/aromatic N) is 2. The Balaban J connectivity index is 3.88. The Kier molecular flexibility index (Phi) is 8.58. The van der Waals surface area contributed by atoms with Gasteiger partial charge in [0.25, 0.3) is 0 Å². The second-order valence-corrected chi connectivity index (χ2v) is 5.95. The molecule has 0 bridgehead atoms. The number of hydrogen-bond acceptors (Lipinski definition) is 2. The Bertz CT molecular complexity index is 137. The Morgan fingerprint density at radius 2 is 1.20 bits per heavy atom. The van der Waals surface area contributed by atoms with Crippen molar-refractivity contribution in [1.29, 1.82) is 0 Å². The van der Waals surface area contributed by atoms with Gasteiger partial charge < -0.3 is 0 Å². The van der Waals surface area contributed by atoms with Crippen LogP contribution in [0.2, 0.25) is 0 Å². The van der Waals surface area contributed by atoms with Crippen LogP contribution in [0.3, 0.4) is 0 Å². The SMILES string of the molecule is CCCC(C)N(C)[SH+]N(C)C(C)CCC. The van der Waals surface area contributed by atoms with Gasteiger partial charge in [0, 0.05) is 14.1 Å². The lowest BCUT2D eigenvalue weighted by atomic mass is 10.2. The molecule has 3 heteroatoms. The van der Waals surface area contributed by atoms with Gasteiger partial charge in [0.05, 0.1) is 12.1 Å². The first-order valence-electron chi connectivity index (χ1n) is 6.20. The van der Waals surface area contributed by atoms with Gasteiger partial charge in [-0.05, 0) is 26.7 Å². The molecule has 2 unspecified atom stereocenters. The molecule has 15 heavy (non-hydrogen) atoms. The van der Waals surface area contributed by atoms with Crippen LogP contribution < -0.4 is 0 Å². The van der Waals surface area contributed by atoms with E-state index in [-0.39, 0.29) is 0 Å². The zero-order valence-electron chi connectivity index (χ0n) is 11.3. The third-order valence-corrected chi connectivity index (χ3v) is 4.32. The third kappa shape index (κ3) is 6.44. The Morgan fingerprint density at radius 3 is 1.47 bits per heavy atom. The lowest BCUT2D eigenvalue weighted by Crippen LogP contribution is -2.38. The first kappa shape index (κ1) is 15.3. The normalized spacial score (nSPS) is 16.0. The van der Waals surface area contributed by atoms with E-state index in [9.17, 15) is 0 Å². The van der Waals surface area contributed by atoms with Gasteiger partial charge in [0.15, 0.2) is 12.1 Å². The molecule has 0 spiro atoms. The monoisotopic (exact) mass is 233 g/mol. The van der Waals surface area contributed by atoms with Crippen molar-refractivity contribution in [2.24, 2.45) is 0 Å². The lowest BCUT2D eigenvalue weighted by Gasteiger charge is -2.23. The van der Waals surface area contributed by atoms with Gasteiger partial charge in [-0.2, -0.15) is 0 Å². The predicted molar refractivity (Wildman–Crippen MR) is 73.0 cm³/mol. The molecule has 0 saturated carbocycles. The second kappa shape index (κ2) is 8.43. The molecule has 92 valence electrons. The molecular weight excluding hydrogens is 204 g/mol. The molecule has 0 aromatic rings. The minimum absolute atomic E-state index is 0.688. The third-order valence-electron chi connectivity index (χ3n) is 2.97. The van der Waals surface area contributed by atoms with Crippen LogP contribution in [-0.2, 0) is 12.1 Å². The van der Waals surface area contributed by atoms with Crippen LogP contribution in [0.5, 0.6) is 0 Å². The van der Waals surface area contributed by atoms with Crippen LogP contribution in [0.15, 0.2) is 0 Å². The van der Waals surface area contributed by atoms with Crippen LogP contribution in [0.25, 0.3) is 0 Å². The van der Waals surface area contributed by atoms with E-state index in [1.807, 2.05) is 0 Å². The molecule has 0 aromatic heterocycles. The minimum Gasteiger partial charge on any atom is -0.110 e. The van der Waals surface area contributed by atoms with Gasteiger partial charge >= 0.3 is 0 Å². The van der Waals surface area contributed by atoms with Gasteiger partial charge in [-0.15, -0.1) is 8.61 Å². The average Bonchev–Trinajstić information content (AvgIpc) is 2.18. The van der Waals surface area contributed by atoms with E-state index in [1.165, 1.54) is 37.8 Å². The summed E-state index contributed by atoms with van der Waals surface area (Å²) in [5, 5.41) is 0. The van der Waals surface area contributed by atoms with Crippen molar-refractivity contribution >= 4 is 12.1 Å². The van der Waals surface area contributed by atoms with Gasteiger partial charge in [-0.1, -0.05) is 26.7 Å². The van der Waals surface area contributed by atoms with Crippen LogP contribution >= 0.6 is 0 Å². The summed E-state index contributed by atoms with van der Waals surface area (Å²) < 4.78 is 4.85. The van der Waals surface area contributed by atoms with Crippen molar-refractivity contribution < 1.29 is 0 Å². The molecule has 0 saturated heterocycles. The summed E-state index contributed by atoms with van der Waals surface area (Å²) in [6.07, 6.45) is 5.13. The van der Waals surface area contributed by atoms with Gasteiger partial charge in [0.1, 0.15) is 0 Å². The molecule has 0 rings (SSSR count). The Morgan fingerprint density at radius 1 is 0.867 bits per heavy atom. The zero-order chi connectivity index (χ0) is 11.8. The minimum atomic E-state index is 0.688. The van der Waals surface area contributed by atoms with Crippen LogP contribution in [0.4, 0.5) is 0 Å². The van der Waals surface area contributed by atoms with Gasteiger partial charge in [0.2, 0.25) is 0 Å². The first-order valence-corrected chi connectivity index (χ1v) is 7.00. The van der Waals surface area contributed by atoms with Crippen molar-refractivity contribution in [2.45, 2.75) is 65.5 Å². The van der Waals surface area contributed by atoms with Crippen molar-refractivity contribution in [1.82, 2.24) is 8.61 Å². The van der Waals surface area contributed by atoms with E-state index in [0.29, 0.717) is 12.1 Å². The maximum absolute atomic E-state index is 2.43. The summed E-state index contributed by atoms with van der Waals surface area (Å²) in [4.78, 5) is 0. The summed E-state index contributed by atoms with van der Waals surface area (Å²) >= 11 is 1.34. The zero-order valence-corrected chi connectivity index (χ0v) is 12.2. The highest BCUT2D eigenvalue weighted by Crippen LogP contribution is 2.10. The first-order chi connectivity index (χ1) is 7.02. The summed E-state index contributed by atoms with van der Waals surface area (Å²) in [6.45, 7) is 9.14. The molecule has 0 heterocycles. The fourth-order valence-electron chi connectivity index (χ4n) is 1.61. The fourth-order valence-corrected chi connectivity index (χ4v) is 2.64. The van der Waals surface area contributed by atoms with Crippen molar-refractivity contribution in [3.8, 4) is 0 Å². The molecular formula is C12H29N2S+. The Labute approximate surface area is 101 Å². The maximum Gasteiger partial charge on any atom is 0.153 e. The summed E-state index contributed by atoms with van der Waals surface area (Å²) in [6, 6.07) is 1.38. The van der Waals surface area contributed by atoms with E-state index < -0.39 is 0 Å². The van der Waals surface area contributed by atoms with Crippen LogP contribution in [0, 0.1) is 0 Å². The highest BCUT2D eigenvalue weighted by Gasteiger charge is 2.22. The molecule has 2 nitrogen and oxygen atoms in total. The molecule has 0 aromatic carbocycles. The van der Waals surface area contributed by atoms with E-state index in [4.69, 9.17) is 0 Å². The summed E-state index contributed by atoms with van der Waals surface area (Å²) in [5.41, 5.74) is 0. The number of thiol groups is 1. The lowest BCUT2D eigenvalue weighted by molar-refractivity contribution is 0.353. The summed E-state index contributed by atoms with van der Waals surface area (Å²) in [5.74, 6) is 0. The highest BCUT2D eigenvalue weighted by molar-refractivity contribution is 7.73. The molecule has 0 radical (unpaired) electrons. The molecule has 0 fully saturated rings. The quantitative estimate of drug-likeness (QED) is 0.470. The van der Waals surface area contributed by atoms with E-state index in [0.717, 1.165) is 0 Å². The predicted octanol–water partition coefficient (Wildman–Crippen LogP) is 2.87. The largest absolute Gasteiger partial charge is 0.153 e. The molecule has 0 aliphatic heterocycles. The van der Waals surface area contributed by atoms with Crippen LogP contribution in [-0.4, -0.2) is 34.8 Å². The van der Waals surface area contributed by atoms with Crippen molar-refractivity contribution in [2.75, 3.05) is 14.1 Å². The van der Waals surface area contributed by atoms with Crippen molar-refractivity contribution in [3.05, 3.63) is 0 Å². The maximum atomic E-state index is 2.43. The standard InChI is InChI=1S/C12H28N2S/c1-7-9-11(3)13(5)15-14(6)12(4)10-8-2/h11-12H,7-10H2,1-6H3/p+1. The van der Waals surface area contributed by atoms with E-state index in [2.05, 4.69) is 50.4 Å². The van der Waals surface area contributed by atoms with Gasteiger partial charge in [-0.3, -0.25) is 0 Å². The summed E-state index contributed by atoms with van der Waals surface area (Å²) in [7, 11) is 4.44. The highest BCUT2D eigenvalue weighted by atomic mass is 32.2. The number of rotatable bonds is 8. The molecule has 0 amide bonds. The average molecular weight is 233 g/mol. The van der Waals surface area contributed by atoms with Crippen molar-refractivity contribution in [3.63, 3.8) is 0 Å². The molecule has 0 N–H and O–H groups in total. The molecule has 0 aliphatic rings. The van der Waals surface area contributed by atoms with E-state index in [1.54, 1.807) is 0 Å². The topological polar surface area (TPSA) is 6.48 Å². The second-order valence-electron chi connectivity index (χ2n) is 4.51. The molecule has 0 aliphatic carbocycles. The van der Waals surface area contributed by atoms with Crippen LogP contribution in [0.1, 0.15) is 53.4 Å². The smallest absolute Gasteiger partial charge is 0.110 e. The van der Waals surface area contributed by atoms with E-state index >= 15 is 0 Å².